The quantitative estimate of drug-likeness (QED) is 0.584. The average molecular weight is 386 g/mol. The molecule has 1 aromatic heterocycles. The molecule has 27 heavy (non-hydrogen) atoms. The van der Waals surface area contributed by atoms with Crippen LogP contribution in [0.3, 0.4) is 0 Å². The van der Waals surface area contributed by atoms with Crippen LogP contribution in [0.15, 0.2) is 48.5 Å². The number of anilines is 2. The largest absolute Gasteiger partial charge is 0.433 e. The molecule has 0 bridgehead atoms. The predicted octanol–water partition coefficient (Wildman–Crippen LogP) is 5.51. The van der Waals surface area contributed by atoms with Crippen LogP contribution < -0.4 is 5.32 Å². The molecule has 0 unspecified atom stereocenters. The molecule has 0 saturated heterocycles. The van der Waals surface area contributed by atoms with Crippen molar-refractivity contribution in [3.63, 3.8) is 0 Å². The second kappa shape index (κ2) is 6.73. The van der Waals surface area contributed by atoms with Gasteiger partial charge in [0.2, 0.25) is 0 Å². The summed E-state index contributed by atoms with van der Waals surface area (Å²) in [5.74, 6) is 0. The van der Waals surface area contributed by atoms with Crippen LogP contribution in [0.25, 0.3) is 10.9 Å². The van der Waals surface area contributed by atoms with Crippen molar-refractivity contribution in [3.05, 3.63) is 65.4 Å². The minimum Gasteiger partial charge on any atom is -0.392 e. The summed E-state index contributed by atoms with van der Waals surface area (Å²) in [6, 6.07) is 9.46. The second-order valence-corrected chi connectivity index (χ2v) is 5.77. The Hall–Kier alpha value is -2.81. The van der Waals surface area contributed by atoms with Gasteiger partial charge in [-0.15, -0.1) is 0 Å². The normalized spacial score (nSPS) is 12.4. The number of benzene rings is 2. The fourth-order valence-corrected chi connectivity index (χ4v) is 2.56. The number of fused-ring (bicyclic) bond motifs is 1. The maximum absolute atomic E-state index is 13.1. The Morgan fingerprint density at radius 1 is 0.889 bits per heavy atom. The Kier molecular flexibility index (Phi) is 4.73. The van der Waals surface area contributed by atoms with Gasteiger partial charge in [-0.2, -0.15) is 26.3 Å². The van der Waals surface area contributed by atoms with Crippen LogP contribution in [-0.4, -0.2) is 10.1 Å². The smallest absolute Gasteiger partial charge is 0.392 e. The van der Waals surface area contributed by atoms with Crippen molar-refractivity contribution in [3.8, 4) is 0 Å². The fraction of sp³-hybridized carbons (Fsp3) is 0.167. The molecular weight excluding hydrogens is 374 g/mol. The highest BCUT2D eigenvalue weighted by Gasteiger charge is 2.35. The zero-order valence-electron chi connectivity index (χ0n) is 13.5. The number of aliphatic hydroxyl groups is 1. The lowest BCUT2D eigenvalue weighted by Gasteiger charge is -2.15. The van der Waals surface area contributed by atoms with Crippen molar-refractivity contribution in [2.45, 2.75) is 19.0 Å². The van der Waals surface area contributed by atoms with Crippen molar-refractivity contribution in [2.75, 3.05) is 5.32 Å². The number of alkyl halides is 6. The molecule has 3 rings (SSSR count). The number of nitrogens with zero attached hydrogens (tertiary/aromatic N) is 1. The van der Waals surface area contributed by atoms with E-state index in [-0.39, 0.29) is 17.7 Å². The highest BCUT2D eigenvalue weighted by atomic mass is 19.4. The second-order valence-electron chi connectivity index (χ2n) is 5.77. The molecule has 9 heteroatoms. The summed E-state index contributed by atoms with van der Waals surface area (Å²) >= 11 is 0. The van der Waals surface area contributed by atoms with Crippen LogP contribution in [0.1, 0.15) is 16.8 Å². The van der Waals surface area contributed by atoms with Crippen molar-refractivity contribution in [1.82, 2.24) is 4.98 Å². The summed E-state index contributed by atoms with van der Waals surface area (Å²) in [6.45, 7) is -0.268. The van der Waals surface area contributed by atoms with E-state index in [1.54, 1.807) is 18.2 Å². The van der Waals surface area contributed by atoms with Crippen LogP contribution in [0, 0.1) is 0 Å². The Labute approximate surface area is 149 Å². The van der Waals surface area contributed by atoms with Gasteiger partial charge in [-0.3, -0.25) is 0 Å². The molecule has 0 aliphatic rings. The fourth-order valence-electron chi connectivity index (χ4n) is 2.56. The standard InChI is InChI=1S/C18H12F6N2O/c19-17(20,21)11-4-5-13-14(7-11)26-16(18(22,23)24)8-15(13)25-12-3-1-2-10(6-12)9-27/h1-8,27H,9H2,(H,25,26). The minimum atomic E-state index is -4.83. The van der Waals surface area contributed by atoms with Gasteiger partial charge >= 0.3 is 12.4 Å². The van der Waals surface area contributed by atoms with E-state index in [0.717, 1.165) is 18.2 Å². The van der Waals surface area contributed by atoms with Gasteiger partial charge < -0.3 is 10.4 Å². The molecule has 2 aromatic carbocycles. The topological polar surface area (TPSA) is 45.1 Å². The number of halogens is 6. The summed E-state index contributed by atoms with van der Waals surface area (Å²) in [5, 5.41) is 12.0. The first-order chi connectivity index (χ1) is 12.6. The van der Waals surface area contributed by atoms with Crippen molar-refractivity contribution >= 4 is 22.3 Å². The third-order valence-electron chi connectivity index (χ3n) is 3.82. The average Bonchev–Trinajstić information content (AvgIpc) is 2.59. The summed E-state index contributed by atoms with van der Waals surface area (Å²) in [7, 11) is 0. The lowest BCUT2D eigenvalue weighted by molar-refractivity contribution is -0.140. The summed E-state index contributed by atoms with van der Waals surface area (Å²) in [4.78, 5) is 3.35. The van der Waals surface area contributed by atoms with Crippen LogP contribution >= 0.6 is 0 Å². The zero-order valence-corrected chi connectivity index (χ0v) is 13.5. The molecule has 0 saturated carbocycles. The van der Waals surface area contributed by atoms with E-state index in [0.29, 0.717) is 17.3 Å². The number of rotatable bonds is 3. The Bertz CT molecular complexity index is 976. The zero-order chi connectivity index (χ0) is 19.8. The molecule has 0 atom stereocenters. The van der Waals surface area contributed by atoms with Crippen LogP contribution in [0.2, 0.25) is 0 Å². The molecule has 0 fully saturated rings. The van der Waals surface area contributed by atoms with E-state index < -0.39 is 29.1 Å². The van der Waals surface area contributed by atoms with Crippen LogP contribution in [0.5, 0.6) is 0 Å². The Balaban J connectivity index is 2.17. The monoisotopic (exact) mass is 386 g/mol. The molecule has 0 aliphatic carbocycles. The van der Waals surface area contributed by atoms with Crippen molar-refractivity contribution in [2.24, 2.45) is 0 Å². The highest BCUT2D eigenvalue weighted by Crippen LogP contribution is 2.37. The van der Waals surface area contributed by atoms with Gasteiger partial charge in [-0.25, -0.2) is 4.98 Å². The maximum atomic E-state index is 13.1. The van der Waals surface area contributed by atoms with Crippen molar-refractivity contribution in [1.29, 1.82) is 0 Å². The van der Waals surface area contributed by atoms with Crippen LogP contribution in [-0.2, 0) is 19.0 Å². The van der Waals surface area contributed by atoms with Crippen LogP contribution in [0.4, 0.5) is 37.7 Å². The first-order valence-corrected chi connectivity index (χ1v) is 7.64. The van der Waals surface area contributed by atoms with Gasteiger partial charge in [-0.05, 0) is 35.9 Å². The van der Waals surface area contributed by atoms with Gasteiger partial charge in [-0.1, -0.05) is 18.2 Å². The molecular formula is C18H12F6N2O. The SMILES string of the molecule is OCc1cccc(Nc2cc(C(F)(F)F)nc3cc(C(F)(F)F)ccc23)c1. The maximum Gasteiger partial charge on any atom is 0.433 e. The number of pyridine rings is 1. The molecule has 142 valence electrons. The van der Waals surface area contributed by atoms with E-state index >= 15 is 0 Å². The lowest BCUT2D eigenvalue weighted by Crippen LogP contribution is -2.10. The molecule has 1 heterocycles. The first kappa shape index (κ1) is 19.0. The predicted molar refractivity (Wildman–Crippen MR) is 87.4 cm³/mol. The van der Waals surface area contributed by atoms with Gasteiger partial charge in [0.05, 0.1) is 23.4 Å². The molecule has 2 N–H and O–H groups in total. The number of hydrogen-bond acceptors (Lipinski definition) is 3. The molecule has 0 radical (unpaired) electrons. The third-order valence-corrected chi connectivity index (χ3v) is 3.82. The minimum absolute atomic E-state index is 0.0452. The lowest BCUT2D eigenvalue weighted by atomic mass is 10.1. The van der Waals surface area contributed by atoms with Gasteiger partial charge in [0.15, 0.2) is 0 Å². The van der Waals surface area contributed by atoms with E-state index in [9.17, 15) is 26.3 Å². The Morgan fingerprint density at radius 3 is 2.26 bits per heavy atom. The number of hydrogen-bond donors (Lipinski definition) is 2. The van der Waals surface area contributed by atoms with Crippen molar-refractivity contribution < 1.29 is 31.4 Å². The number of nitrogens with one attached hydrogen (secondary N) is 1. The van der Waals surface area contributed by atoms with E-state index in [1.807, 2.05) is 0 Å². The van der Waals surface area contributed by atoms with Gasteiger partial charge in [0, 0.05) is 11.1 Å². The van der Waals surface area contributed by atoms with E-state index in [2.05, 4.69) is 10.3 Å². The molecule has 0 amide bonds. The summed E-state index contributed by atoms with van der Waals surface area (Å²) < 4.78 is 78.1. The first-order valence-electron chi connectivity index (χ1n) is 7.64. The highest BCUT2D eigenvalue weighted by molar-refractivity contribution is 5.93. The van der Waals surface area contributed by atoms with Gasteiger partial charge in [0.1, 0.15) is 5.69 Å². The van der Waals surface area contributed by atoms with E-state index in [1.165, 1.54) is 6.07 Å². The third kappa shape index (κ3) is 4.13. The summed E-state index contributed by atoms with van der Waals surface area (Å²) in [6.07, 6.45) is -9.53. The Morgan fingerprint density at radius 2 is 1.63 bits per heavy atom. The summed E-state index contributed by atoms with van der Waals surface area (Å²) in [5.41, 5.74) is -1.97. The number of aromatic nitrogens is 1. The van der Waals surface area contributed by atoms with Gasteiger partial charge in [0.25, 0.3) is 0 Å². The molecule has 0 spiro atoms. The van der Waals surface area contributed by atoms with E-state index in [4.69, 9.17) is 5.11 Å². The molecule has 3 nitrogen and oxygen atoms in total. The number of aliphatic hydroxyl groups excluding tert-OH is 1. The molecule has 0 aliphatic heterocycles. The molecule has 3 aromatic rings.